The summed E-state index contributed by atoms with van der Waals surface area (Å²) in [5.41, 5.74) is 3.77. The Morgan fingerprint density at radius 2 is 1.64 bits per heavy atom. The van der Waals surface area contributed by atoms with Gasteiger partial charge in [-0.1, -0.05) is 60.1 Å². The molecule has 0 aromatic rings. The van der Waals surface area contributed by atoms with Gasteiger partial charge in [-0.2, -0.15) is 0 Å². The predicted octanol–water partition coefficient (Wildman–Crippen LogP) is 8.64. The van der Waals surface area contributed by atoms with Gasteiger partial charge in [-0.05, 0) is 129 Å². The highest BCUT2D eigenvalue weighted by Crippen LogP contribution is 2.78. The maximum absolute atomic E-state index is 4.37. The smallest absolute Gasteiger partial charge is 0.0190 e. The first-order valence-electron chi connectivity index (χ1n) is 14.6. The van der Waals surface area contributed by atoms with Crippen LogP contribution in [0.4, 0.5) is 0 Å². The SMILES string of the molecule is CC(C)=CCCC1(C)NC2CC3C4(C)CCC(C)C(C)(C)C4C(C)CC3(C)C3(C)CCC1C23. The minimum atomic E-state index is 0.329. The van der Waals surface area contributed by atoms with Gasteiger partial charge in [0.1, 0.15) is 0 Å². The Morgan fingerprint density at radius 3 is 2.30 bits per heavy atom. The molecule has 0 aromatic heterocycles. The fraction of sp³-hybridized carbons (Fsp3) is 0.938. The van der Waals surface area contributed by atoms with E-state index in [4.69, 9.17) is 0 Å². The second-order valence-corrected chi connectivity index (χ2v) is 15.7. The first-order valence-corrected chi connectivity index (χ1v) is 14.6. The Balaban J connectivity index is 1.53. The maximum Gasteiger partial charge on any atom is 0.0190 e. The summed E-state index contributed by atoms with van der Waals surface area (Å²) in [5.74, 6) is 5.20. The molecule has 5 aliphatic rings. The summed E-state index contributed by atoms with van der Waals surface area (Å²) in [5, 5.41) is 4.37. The summed E-state index contributed by atoms with van der Waals surface area (Å²) >= 11 is 0. The Bertz CT molecular complexity index is 820. The molecular formula is C32H55N. The normalized spacial score (nSPS) is 56.6. The Kier molecular flexibility index (Phi) is 5.44. The molecule has 5 rings (SSSR count). The highest BCUT2D eigenvalue weighted by Gasteiger charge is 2.74. The van der Waals surface area contributed by atoms with E-state index in [-0.39, 0.29) is 0 Å². The number of rotatable bonds is 3. The Hall–Kier alpha value is -0.300. The van der Waals surface area contributed by atoms with E-state index in [1.54, 1.807) is 0 Å². The zero-order valence-corrected chi connectivity index (χ0v) is 23.8. The number of allylic oxidation sites excluding steroid dienone is 2. The van der Waals surface area contributed by atoms with Crippen molar-refractivity contribution in [1.82, 2.24) is 5.32 Å². The molecule has 1 nitrogen and oxygen atoms in total. The van der Waals surface area contributed by atoms with Crippen LogP contribution in [0.2, 0.25) is 0 Å². The standard InChI is InChI=1S/C32H55N/c1-20(2)12-11-15-32(10)23-14-17-30(8)26(23)24(33-32)18-25-29(7)16-13-22(4)28(5,6)27(29)21(3)19-31(25,30)9/h12,21-27,33H,11,13-19H2,1-10H3. The monoisotopic (exact) mass is 453 g/mol. The predicted molar refractivity (Wildman–Crippen MR) is 142 cm³/mol. The highest BCUT2D eigenvalue weighted by atomic mass is 15.1. The van der Waals surface area contributed by atoms with Crippen molar-refractivity contribution in [1.29, 1.82) is 0 Å². The molecule has 11 unspecified atom stereocenters. The fourth-order valence-electron chi connectivity index (χ4n) is 12.2. The minimum absolute atomic E-state index is 0.329. The van der Waals surface area contributed by atoms with Gasteiger partial charge in [0.25, 0.3) is 0 Å². The third kappa shape index (κ3) is 3.05. The van der Waals surface area contributed by atoms with E-state index < -0.39 is 0 Å². The average Bonchev–Trinajstić information content (AvgIpc) is 3.20. The lowest BCUT2D eigenvalue weighted by atomic mass is 9.33. The van der Waals surface area contributed by atoms with Crippen molar-refractivity contribution < 1.29 is 0 Å². The maximum atomic E-state index is 4.37. The molecule has 4 aliphatic carbocycles. The molecule has 1 aliphatic heterocycles. The summed E-state index contributed by atoms with van der Waals surface area (Å²) in [6.07, 6.45) is 13.8. The summed E-state index contributed by atoms with van der Waals surface area (Å²) in [4.78, 5) is 0. The van der Waals surface area contributed by atoms with E-state index >= 15 is 0 Å². The van der Waals surface area contributed by atoms with E-state index in [9.17, 15) is 0 Å². The quantitative estimate of drug-likeness (QED) is 0.422. The van der Waals surface area contributed by atoms with Crippen molar-refractivity contribution in [2.75, 3.05) is 0 Å². The molecule has 1 heteroatoms. The lowest BCUT2D eigenvalue weighted by Gasteiger charge is -2.72. The number of nitrogens with one attached hydrogen (secondary N) is 1. The van der Waals surface area contributed by atoms with Gasteiger partial charge in [-0.3, -0.25) is 0 Å². The van der Waals surface area contributed by atoms with Crippen LogP contribution in [0.5, 0.6) is 0 Å². The molecule has 0 spiro atoms. The number of hydrogen-bond acceptors (Lipinski definition) is 1. The van der Waals surface area contributed by atoms with Crippen LogP contribution >= 0.6 is 0 Å². The highest BCUT2D eigenvalue weighted by molar-refractivity contribution is 5.25. The van der Waals surface area contributed by atoms with E-state index in [1.807, 2.05) is 0 Å². The molecule has 1 N–H and O–H groups in total. The zero-order valence-electron chi connectivity index (χ0n) is 23.8. The van der Waals surface area contributed by atoms with Crippen LogP contribution in [0.25, 0.3) is 0 Å². The van der Waals surface area contributed by atoms with Crippen LogP contribution in [0.3, 0.4) is 0 Å². The summed E-state index contributed by atoms with van der Waals surface area (Å²) in [7, 11) is 0. The molecule has 0 amide bonds. The first-order chi connectivity index (χ1) is 15.2. The Labute approximate surface area is 206 Å². The van der Waals surface area contributed by atoms with Gasteiger partial charge in [0.15, 0.2) is 0 Å². The van der Waals surface area contributed by atoms with Crippen LogP contribution in [0, 0.1) is 57.2 Å². The van der Waals surface area contributed by atoms with Crippen molar-refractivity contribution in [2.45, 2.75) is 132 Å². The molecule has 33 heavy (non-hydrogen) atoms. The average molecular weight is 454 g/mol. The number of fused-ring (bicyclic) bond motifs is 4. The van der Waals surface area contributed by atoms with Gasteiger partial charge in [0.2, 0.25) is 0 Å². The Morgan fingerprint density at radius 1 is 0.939 bits per heavy atom. The molecule has 0 aromatic carbocycles. The second kappa shape index (κ2) is 7.36. The summed E-state index contributed by atoms with van der Waals surface area (Å²) in [6.45, 7) is 25.9. The van der Waals surface area contributed by atoms with Crippen LogP contribution in [0.15, 0.2) is 11.6 Å². The van der Waals surface area contributed by atoms with Gasteiger partial charge in [0, 0.05) is 11.6 Å². The van der Waals surface area contributed by atoms with Crippen molar-refractivity contribution in [3.8, 4) is 0 Å². The summed E-state index contributed by atoms with van der Waals surface area (Å²) < 4.78 is 0. The number of hydrogen-bond donors (Lipinski definition) is 1. The topological polar surface area (TPSA) is 12.0 Å². The van der Waals surface area contributed by atoms with Gasteiger partial charge in [-0.15, -0.1) is 0 Å². The van der Waals surface area contributed by atoms with E-state index in [2.05, 4.69) is 80.6 Å². The fourth-order valence-corrected chi connectivity index (χ4v) is 12.2. The van der Waals surface area contributed by atoms with Crippen molar-refractivity contribution in [3.63, 3.8) is 0 Å². The molecule has 1 heterocycles. The van der Waals surface area contributed by atoms with Gasteiger partial charge in [0.05, 0.1) is 0 Å². The van der Waals surface area contributed by atoms with Crippen molar-refractivity contribution in [3.05, 3.63) is 11.6 Å². The second-order valence-electron chi connectivity index (χ2n) is 15.7. The molecule has 11 atom stereocenters. The molecule has 0 radical (unpaired) electrons. The molecular weight excluding hydrogens is 398 g/mol. The molecule has 4 saturated carbocycles. The van der Waals surface area contributed by atoms with Crippen LogP contribution in [-0.2, 0) is 0 Å². The van der Waals surface area contributed by atoms with Crippen molar-refractivity contribution >= 4 is 0 Å². The third-order valence-electron chi connectivity index (χ3n) is 13.7. The van der Waals surface area contributed by atoms with E-state index in [0.717, 1.165) is 41.5 Å². The molecule has 0 bridgehead atoms. The minimum Gasteiger partial charge on any atom is -0.308 e. The largest absolute Gasteiger partial charge is 0.308 e. The van der Waals surface area contributed by atoms with Gasteiger partial charge in [-0.25, -0.2) is 0 Å². The summed E-state index contributed by atoms with van der Waals surface area (Å²) in [6, 6.07) is 0.741. The first kappa shape index (κ1) is 24.4. The third-order valence-corrected chi connectivity index (χ3v) is 13.7. The van der Waals surface area contributed by atoms with Crippen LogP contribution in [0.1, 0.15) is 121 Å². The lowest BCUT2D eigenvalue weighted by Crippen LogP contribution is -2.67. The molecule has 188 valence electrons. The van der Waals surface area contributed by atoms with Gasteiger partial charge >= 0.3 is 0 Å². The van der Waals surface area contributed by atoms with Crippen molar-refractivity contribution in [2.24, 2.45) is 57.2 Å². The molecule has 5 fully saturated rings. The zero-order chi connectivity index (χ0) is 24.2. The lowest BCUT2D eigenvalue weighted by molar-refractivity contribution is -0.232. The van der Waals surface area contributed by atoms with E-state index in [1.165, 1.54) is 56.9 Å². The van der Waals surface area contributed by atoms with Crippen LogP contribution < -0.4 is 5.32 Å². The molecule has 1 saturated heterocycles. The van der Waals surface area contributed by atoms with Crippen LogP contribution in [-0.4, -0.2) is 11.6 Å². The van der Waals surface area contributed by atoms with E-state index in [0.29, 0.717) is 27.2 Å². The van der Waals surface area contributed by atoms with Gasteiger partial charge < -0.3 is 5.32 Å².